The molecule has 0 aliphatic carbocycles. The molecule has 37 heavy (non-hydrogen) atoms. The molecule has 0 bridgehead atoms. The minimum Gasteiger partial charge on any atom is -0.464 e. The Morgan fingerprint density at radius 3 is 2.68 bits per heavy atom. The van der Waals surface area contributed by atoms with E-state index in [1.54, 1.807) is 12.1 Å². The van der Waals surface area contributed by atoms with Crippen LogP contribution >= 0.6 is 23.1 Å². The molecule has 0 spiro atoms. The van der Waals surface area contributed by atoms with Crippen LogP contribution in [0.25, 0.3) is 22.3 Å². The number of esters is 1. The molecule has 5 rings (SSSR count). The summed E-state index contributed by atoms with van der Waals surface area (Å²) < 4.78 is 4.72. The first-order valence-corrected chi connectivity index (χ1v) is 13.7. The fraction of sp³-hybridized carbons (Fsp3) is 0.269. The summed E-state index contributed by atoms with van der Waals surface area (Å²) in [7, 11) is 3.28. The molecular formula is C26H24N6O3S2. The lowest BCUT2D eigenvalue weighted by molar-refractivity contribution is 0.0592. The summed E-state index contributed by atoms with van der Waals surface area (Å²) in [5, 5.41) is 15.1. The van der Waals surface area contributed by atoms with Gasteiger partial charge in [0.15, 0.2) is 5.13 Å². The van der Waals surface area contributed by atoms with Crippen LogP contribution in [0.4, 0.5) is 16.5 Å². The Labute approximate surface area is 221 Å². The molecule has 2 aromatic carbocycles. The van der Waals surface area contributed by atoms with E-state index in [1.807, 2.05) is 41.4 Å². The van der Waals surface area contributed by atoms with Crippen LogP contribution < -0.4 is 15.8 Å². The van der Waals surface area contributed by atoms with Gasteiger partial charge in [-0.15, -0.1) is 11.3 Å². The van der Waals surface area contributed by atoms with Crippen molar-refractivity contribution < 1.29 is 9.53 Å². The van der Waals surface area contributed by atoms with Gasteiger partial charge in [0, 0.05) is 24.0 Å². The molecule has 0 saturated carbocycles. The van der Waals surface area contributed by atoms with Gasteiger partial charge < -0.3 is 19.9 Å². The summed E-state index contributed by atoms with van der Waals surface area (Å²) >= 11 is 3.43. The van der Waals surface area contributed by atoms with Crippen LogP contribution in [0.3, 0.4) is 0 Å². The van der Waals surface area contributed by atoms with Crippen molar-refractivity contribution in [3.63, 3.8) is 0 Å². The predicted octanol–water partition coefficient (Wildman–Crippen LogP) is 4.78. The number of ether oxygens (including phenoxy) is 1. The highest BCUT2D eigenvalue weighted by Gasteiger charge is 2.23. The van der Waals surface area contributed by atoms with E-state index in [2.05, 4.69) is 33.3 Å². The van der Waals surface area contributed by atoms with Gasteiger partial charge >= 0.3 is 5.97 Å². The van der Waals surface area contributed by atoms with E-state index < -0.39 is 11.5 Å². The van der Waals surface area contributed by atoms with Crippen molar-refractivity contribution in [3.05, 3.63) is 63.4 Å². The average molecular weight is 533 g/mol. The number of carbonyl (C=O) groups excluding carboxylic acids is 1. The van der Waals surface area contributed by atoms with Gasteiger partial charge in [0.05, 0.1) is 46.8 Å². The standard InChI is InChI=1S/C26H24N6O3S2/c1-32(17-7-9-36-10-8-17)22-12-19-18(29-24(33)23(28-19)25(34)35-2)11-20(22)30-26-31-21(14-37-26)16-5-3-15(13-27)4-6-16/h3-6,11-12,14,17H,7-10H2,1-2H3,(H,29,33)(H,30,31). The number of H-pyrrole nitrogens is 1. The smallest absolute Gasteiger partial charge is 0.362 e. The Morgan fingerprint density at radius 1 is 1.22 bits per heavy atom. The van der Waals surface area contributed by atoms with Crippen LogP contribution in [0.1, 0.15) is 28.9 Å². The highest BCUT2D eigenvalue weighted by Crippen LogP contribution is 2.36. The number of nitrogens with one attached hydrogen (secondary N) is 2. The maximum absolute atomic E-state index is 12.5. The van der Waals surface area contributed by atoms with Gasteiger partial charge in [-0.2, -0.15) is 17.0 Å². The largest absolute Gasteiger partial charge is 0.464 e. The van der Waals surface area contributed by atoms with E-state index in [9.17, 15) is 9.59 Å². The molecule has 188 valence electrons. The molecule has 9 nitrogen and oxygen atoms in total. The Balaban J connectivity index is 1.54. The van der Waals surface area contributed by atoms with Gasteiger partial charge in [-0.3, -0.25) is 4.79 Å². The van der Waals surface area contributed by atoms with Gasteiger partial charge in [0.2, 0.25) is 5.69 Å². The predicted molar refractivity (Wildman–Crippen MR) is 148 cm³/mol. The number of nitriles is 1. The van der Waals surface area contributed by atoms with E-state index in [0.29, 0.717) is 27.8 Å². The van der Waals surface area contributed by atoms with Crippen molar-refractivity contribution in [3.8, 4) is 17.3 Å². The SMILES string of the molecule is COC(=O)c1nc2cc(N(C)C3CCSCC3)c(Nc3nc(-c4ccc(C#N)cc4)cs3)cc2[nH]c1=O. The Kier molecular flexibility index (Phi) is 7.12. The second-order valence-electron chi connectivity index (χ2n) is 8.60. The summed E-state index contributed by atoms with van der Waals surface area (Å²) in [6.07, 6.45) is 2.12. The first-order chi connectivity index (χ1) is 18.0. The summed E-state index contributed by atoms with van der Waals surface area (Å²) in [5.41, 5.74) is 4.11. The zero-order chi connectivity index (χ0) is 25.9. The number of thiazole rings is 1. The highest BCUT2D eigenvalue weighted by atomic mass is 32.2. The Hall–Kier alpha value is -3.88. The van der Waals surface area contributed by atoms with Crippen LogP contribution in [0, 0.1) is 11.3 Å². The van der Waals surface area contributed by atoms with E-state index in [0.717, 1.165) is 47.0 Å². The number of aromatic amines is 1. The number of methoxy groups -OCH3 is 1. The normalized spacial score (nSPS) is 13.8. The summed E-state index contributed by atoms with van der Waals surface area (Å²) in [5.74, 6) is 1.43. The van der Waals surface area contributed by atoms with E-state index >= 15 is 0 Å². The molecule has 1 aliphatic rings. The third-order valence-corrected chi connectivity index (χ3v) is 8.17. The lowest BCUT2D eigenvalue weighted by Gasteiger charge is -2.34. The van der Waals surface area contributed by atoms with Crippen LogP contribution in [0.2, 0.25) is 0 Å². The number of thioether (sulfide) groups is 1. The van der Waals surface area contributed by atoms with Crippen molar-refractivity contribution in [2.75, 3.05) is 35.9 Å². The van der Waals surface area contributed by atoms with Crippen LogP contribution in [-0.2, 0) is 4.74 Å². The molecule has 2 N–H and O–H groups in total. The van der Waals surface area contributed by atoms with Crippen molar-refractivity contribution in [1.29, 1.82) is 5.26 Å². The van der Waals surface area contributed by atoms with E-state index in [1.165, 1.54) is 18.4 Å². The fourth-order valence-corrected chi connectivity index (χ4v) is 6.13. The number of fused-ring (bicyclic) bond motifs is 1. The molecule has 4 aromatic rings. The van der Waals surface area contributed by atoms with Crippen molar-refractivity contribution in [2.45, 2.75) is 18.9 Å². The summed E-state index contributed by atoms with van der Waals surface area (Å²) in [6, 6.07) is 13.5. The molecule has 0 radical (unpaired) electrons. The minimum atomic E-state index is -0.775. The Morgan fingerprint density at radius 2 is 1.97 bits per heavy atom. The maximum Gasteiger partial charge on any atom is 0.362 e. The average Bonchev–Trinajstić information content (AvgIpc) is 3.40. The number of benzene rings is 2. The lowest BCUT2D eigenvalue weighted by atomic mass is 10.1. The molecule has 0 unspecified atom stereocenters. The topological polar surface area (TPSA) is 124 Å². The molecule has 1 saturated heterocycles. The zero-order valence-electron chi connectivity index (χ0n) is 20.3. The van der Waals surface area contributed by atoms with Crippen molar-refractivity contribution >= 4 is 56.6 Å². The monoisotopic (exact) mass is 532 g/mol. The number of hydrogen-bond donors (Lipinski definition) is 2. The fourth-order valence-electron chi connectivity index (χ4n) is 4.31. The molecule has 0 atom stereocenters. The van der Waals surface area contributed by atoms with Crippen LogP contribution in [-0.4, -0.2) is 52.6 Å². The van der Waals surface area contributed by atoms with E-state index in [-0.39, 0.29) is 5.69 Å². The van der Waals surface area contributed by atoms with Gasteiger partial charge in [0.1, 0.15) is 0 Å². The number of aromatic nitrogens is 3. The zero-order valence-corrected chi connectivity index (χ0v) is 21.9. The second kappa shape index (κ2) is 10.6. The second-order valence-corrected chi connectivity index (χ2v) is 10.7. The summed E-state index contributed by atoms with van der Waals surface area (Å²) in [4.78, 5) is 38.6. The maximum atomic E-state index is 12.5. The number of anilines is 3. The minimum absolute atomic E-state index is 0.273. The molecule has 0 amide bonds. The first kappa shape index (κ1) is 24.8. The van der Waals surface area contributed by atoms with Crippen LogP contribution in [0.5, 0.6) is 0 Å². The third-order valence-electron chi connectivity index (χ3n) is 6.36. The molecule has 1 aliphatic heterocycles. The van der Waals surface area contributed by atoms with Gasteiger partial charge in [-0.05, 0) is 48.6 Å². The van der Waals surface area contributed by atoms with Crippen molar-refractivity contribution in [1.82, 2.24) is 15.0 Å². The molecule has 11 heteroatoms. The number of rotatable bonds is 6. The first-order valence-electron chi connectivity index (χ1n) is 11.7. The summed E-state index contributed by atoms with van der Waals surface area (Å²) in [6.45, 7) is 0. The van der Waals surface area contributed by atoms with Gasteiger partial charge in [-0.25, -0.2) is 14.8 Å². The third kappa shape index (κ3) is 5.16. The quantitative estimate of drug-likeness (QED) is 0.338. The highest BCUT2D eigenvalue weighted by molar-refractivity contribution is 7.99. The van der Waals surface area contributed by atoms with Gasteiger partial charge in [-0.1, -0.05) is 12.1 Å². The Bertz CT molecular complexity index is 1550. The molecule has 2 aromatic heterocycles. The van der Waals surface area contributed by atoms with Gasteiger partial charge in [0.25, 0.3) is 5.56 Å². The molecule has 1 fully saturated rings. The molecular weight excluding hydrogens is 508 g/mol. The number of hydrogen-bond acceptors (Lipinski definition) is 10. The van der Waals surface area contributed by atoms with Crippen molar-refractivity contribution in [2.24, 2.45) is 0 Å². The van der Waals surface area contributed by atoms with E-state index in [4.69, 9.17) is 15.0 Å². The van der Waals surface area contributed by atoms with Crippen LogP contribution in [0.15, 0.2) is 46.6 Å². The number of carbonyl (C=O) groups is 1. The number of nitrogens with zero attached hydrogens (tertiary/aromatic N) is 4. The molecule has 3 heterocycles. The lowest BCUT2D eigenvalue weighted by Crippen LogP contribution is -2.35.